The minimum Gasteiger partial charge on any atom is -0.381 e. The predicted octanol–water partition coefficient (Wildman–Crippen LogP) is 3.26. The van der Waals surface area contributed by atoms with Gasteiger partial charge in [0.2, 0.25) is 0 Å². The van der Waals surface area contributed by atoms with Crippen molar-refractivity contribution in [3.63, 3.8) is 0 Å². The molecule has 0 spiro atoms. The first-order chi connectivity index (χ1) is 6.27. The third-order valence-corrected chi connectivity index (χ3v) is 4.12. The van der Waals surface area contributed by atoms with Crippen LogP contribution in [0.2, 0.25) is 0 Å². The number of thiophene rings is 1. The Balaban J connectivity index is 2.14. The molecule has 0 aliphatic carbocycles. The standard InChI is InChI=1S/C11H16OS/c1-8-7-11(13-9(8)2)10-3-5-12-6-4-10/h7,10H,3-6H2,1-2H3. The maximum absolute atomic E-state index is 5.36. The van der Waals surface area contributed by atoms with Crippen LogP contribution in [0.4, 0.5) is 0 Å². The topological polar surface area (TPSA) is 9.23 Å². The molecule has 0 aromatic carbocycles. The Morgan fingerprint density at radius 1 is 1.31 bits per heavy atom. The highest BCUT2D eigenvalue weighted by molar-refractivity contribution is 7.12. The smallest absolute Gasteiger partial charge is 0.0472 e. The van der Waals surface area contributed by atoms with E-state index < -0.39 is 0 Å². The van der Waals surface area contributed by atoms with Gasteiger partial charge in [-0.1, -0.05) is 0 Å². The van der Waals surface area contributed by atoms with Crippen LogP contribution in [-0.2, 0) is 4.74 Å². The summed E-state index contributed by atoms with van der Waals surface area (Å²) in [5.41, 5.74) is 1.45. The molecule has 72 valence electrons. The van der Waals surface area contributed by atoms with Gasteiger partial charge in [-0.2, -0.15) is 0 Å². The second-order valence-electron chi connectivity index (χ2n) is 3.77. The van der Waals surface area contributed by atoms with Crippen LogP contribution in [0.15, 0.2) is 6.07 Å². The van der Waals surface area contributed by atoms with Crippen LogP contribution in [0.3, 0.4) is 0 Å². The van der Waals surface area contributed by atoms with Crippen molar-refractivity contribution in [3.8, 4) is 0 Å². The monoisotopic (exact) mass is 196 g/mol. The molecule has 0 bridgehead atoms. The zero-order valence-electron chi connectivity index (χ0n) is 8.30. The lowest BCUT2D eigenvalue weighted by atomic mass is 9.98. The first-order valence-electron chi connectivity index (χ1n) is 4.92. The van der Waals surface area contributed by atoms with Gasteiger partial charge < -0.3 is 4.74 Å². The predicted molar refractivity (Wildman–Crippen MR) is 56.6 cm³/mol. The lowest BCUT2D eigenvalue weighted by molar-refractivity contribution is 0.0860. The average Bonchev–Trinajstić information content (AvgIpc) is 2.49. The fraction of sp³-hybridized carbons (Fsp3) is 0.636. The van der Waals surface area contributed by atoms with E-state index in [-0.39, 0.29) is 0 Å². The third kappa shape index (κ3) is 1.94. The summed E-state index contributed by atoms with van der Waals surface area (Å²) in [6.45, 7) is 6.30. The molecule has 0 N–H and O–H groups in total. The van der Waals surface area contributed by atoms with E-state index in [1.54, 1.807) is 4.88 Å². The van der Waals surface area contributed by atoms with Gasteiger partial charge in [0.25, 0.3) is 0 Å². The van der Waals surface area contributed by atoms with Crippen molar-refractivity contribution < 1.29 is 4.74 Å². The second kappa shape index (κ2) is 3.81. The fourth-order valence-corrected chi connectivity index (χ4v) is 3.00. The first kappa shape index (κ1) is 9.22. The van der Waals surface area contributed by atoms with Crippen molar-refractivity contribution >= 4 is 11.3 Å². The van der Waals surface area contributed by atoms with E-state index in [1.807, 2.05) is 11.3 Å². The normalized spacial score (nSPS) is 19.2. The van der Waals surface area contributed by atoms with E-state index in [0.29, 0.717) is 0 Å². The van der Waals surface area contributed by atoms with Crippen LogP contribution in [0.25, 0.3) is 0 Å². The zero-order chi connectivity index (χ0) is 9.26. The van der Waals surface area contributed by atoms with Gasteiger partial charge in [-0.05, 0) is 44.2 Å². The highest BCUT2D eigenvalue weighted by Gasteiger charge is 2.17. The molecule has 1 saturated heterocycles. The second-order valence-corrected chi connectivity index (χ2v) is 5.06. The molecule has 2 heterocycles. The third-order valence-electron chi connectivity index (χ3n) is 2.81. The summed E-state index contributed by atoms with van der Waals surface area (Å²) >= 11 is 1.97. The Kier molecular flexibility index (Phi) is 2.70. The number of rotatable bonds is 1. The molecule has 13 heavy (non-hydrogen) atoms. The SMILES string of the molecule is Cc1cc(C2CCOCC2)sc1C. The van der Waals surface area contributed by atoms with Crippen LogP contribution < -0.4 is 0 Å². The largest absolute Gasteiger partial charge is 0.381 e. The Labute approximate surface area is 83.7 Å². The maximum Gasteiger partial charge on any atom is 0.0472 e. The average molecular weight is 196 g/mol. The van der Waals surface area contributed by atoms with Gasteiger partial charge in [0, 0.05) is 23.0 Å². The van der Waals surface area contributed by atoms with Crippen molar-refractivity contribution in [2.75, 3.05) is 13.2 Å². The van der Waals surface area contributed by atoms with Crippen molar-refractivity contribution in [2.24, 2.45) is 0 Å². The number of hydrogen-bond donors (Lipinski definition) is 0. The van der Waals surface area contributed by atoms with Crippen molar-refractivity contribution in [1.82, 2.24) is 0 Å². The van der Waals surface area contributed by atoms with Gasteiger partial charge in [0.1, 0.15) is 0 Å². The Morgan fingerprint density at radius 2 is 2.00 bits per heavy atom. The van der Waals surface area contributed by atoms with Gasteiger partial charge in [-0.15, -0.1) is 11.3 Å². The van der Waals surface area contributed by atoms with E-state index in [4.69, 9.17) is 4.74 Å². The van der Waals surface area contributed by atoms with Crippen molar-refractivity contribution in [3.05, 3.63) is 21.4 Å². The fourth-order valence-electron chi connectivity index (χ4n) is 1.79. The molecular weight excluding hydrogens is 180 g/mol. The zero-order valence-corrected chi connectivity index (χ0v) is 9.12. The summed E-state index contributed by atoms with van der Waals surface area (Å²) < 4.78 is 5.36. The summed E-state index contributed by atoms with van der Waals surface area (Å²) in [6, 6.07) is 2.36. The molecule has 1 aromatic rings. The molecule has 1 nitrogen and oxygen atoms in total. The van der Waals surface area contributed by atoms with Crippen LogP contribution >= 0.6 is 11.3 Å². The molecule has 1 fully saturated rings. The van der Waals surface area contributed by atoms with Crippen LogP contribution in [-0.4, -0.2) is 13.2 Å². The molecule has 0 saturated carbocycles. The molecule has 2 rings (SSSR count). The molecular formula is C11H16OS. The highest BCUT2D eigenvalue weighted by Crippen LogP contribution is 2.33. The quantitative estimate of drug-likeness (QED) is 0.670. The molecule has 1 aliphatic heterocycles. The molecule has 0 radical (unpaired) electrons. The van der Waals surface area contributed by atoms with Crippen molar-refractivity contribution in [2.45, 2.75) is 32.6 Å². The minimum absolute atomic E-state index is 0.770. The summed E-state index contributed by atoms with van der Waals surface area (Å²) in [6.07, 6.45) is 2.42. The highest BCUT2D eigenvalue weighted by atomic mass is 32.1. The van der Waals surface area contributed by atoms with Crippen LogP contribution in [0.1, 0.15) is 34.1 Å². The van der Waals surface area contributed by atoms with E-state index in [9.17, 15) is 0 Å². The summed E-state index contributed by atoms with van der Waals surface area (Å²) in [4.78, 5) is 3.04. The van der Waals surface area contributed by atoms with Crippen molar-refractivity contribution in [1.29, 1.82) is 0 Å². The summed E-state index contributed by atoms with van der Waals surface area (Å²) in [5, 5.41) is 0. The molecule has 0 unspecified atom stereocenters. The Bertz CT molecular complexity index is 265. The molecule has 2 heteroatoms. The lowest BCUT2D eigenvalue weighted by Crippen LogP contribution is -2.12. The maximum atomic E-state index is 5.36. The van der Waals surface area contributed by atoms with Gasteiger partial charge in [-0.3, -0.25) is 0 Å². The summed E-state index contributed by atoms with van der Waals surface area (Å²) in [5.74, 6) is 0.770. The van der Waals surface area contributed by atoms with Gasteiger partial charge in [0.05, 0.1) is 0 Å². The summed E-state index contributed by atoms with van der Waals surface area (Å²) in [7, 11) is 0. The first-order valence-corrected chi connectivity index (χ1v) is 5.73. The minimum atomic E-state index is 0.770. The molecule has 0 amide bonds. The number of ether oxygens (including phenoxy) is 1. The Morgan fingerprint density at radius 3 is 2.54 bits per heavy atom. The number of aryl methyl sites for hydroxylation is 2. The van der Waals surface area contributed by atoms with Gasteiger partial charge in [-0.25, -0.2) is 0 Å². The molecule has 0 atom stereocenters. The van der Waals surface area contributed by atoms with E-state index in [2.05, 4.69) is 19.9 Å². The van der Waals surface area contributed by atoms with E-state index in [0.717, 1.165) is 19.1 Å². The van der Waals surface area contributed by atoms with Crippen LogP contribution in [0, 0.1) is 13.8 Å². The molecule has 1 aromatic heterocycles. The van der Waals surface area contributed by atoms with Crippen LogP contribution in [0.5, 0.6) is 0 Å². The number of hydrogen-bond acceptors (Lipinski definition) is 2. The van der Waals surface area contributed by atoms with Gasteiger partial charge >= 0.3 is 0 Å². The van der Waals surface area contributed by atoms with Gasteiger partial charge in [0.15, 0.2) is 0 Å². The lowest BCUT2D eigenvalue weighted by Gasteiger charge is -2.20. The Hall–Kier alpha value is -0.340. The van der Waals surface area contributed by atoms with E-state index in [1.165, 1.54) is 23.3 Å². The van der Waals surface area contributed by atoms with E-state index >= 15 is 0 Å². The molecule has 1 aliphatic rings.